The predicted molar refractivity (Wildman–Crippen MR) is 277 cm³/mol. The summed E-state index contributed by atoms with van der Waals surface area (Å²) in [5, 5.41) is 4.80. The number of rotatable bonds is 10. The summed E-state index contributed by atoms with van der Waals surface area (Å²) < 4.78 is 2.44. The van der Waals surface area contributed by atoms with Crippen LogP contribution in [0.15, 0.2) is 242 Å². The summed E-state index contributed by atoms with van der Waals surface area (Å²) in [4.78, 5) is 7.17. The Bertz CT molecular complexity index is 3380. The summed E-state index contributed by atoms with van der Waals surface area (Å²) >= 11 is 0. The molecule has 4 heteroatoms. The number of aryl methyl sites for hydroxylation is 1. The van der Waals surface area contributed by atoms with Crippen LogP contribution in [0.4, 0.5) is 45.5 Å². The summed E-state index contributed by atoms with van der Waals surface area (Å²) in [5.41, 5.74) is 16.2. The average Bonchev–Trinajstić information content (AvgIpc) is 3.66. The van der Waals surface area contributed by atoms with Crippen molar-refractivity contribution in [3.05, 3.63) is 247 Å². The Morgan fingerprint density at radius 1 is 0.415 bits per heavy atom. The number of anilines is 8. The Morgan fingerprint density at radius 2 is 0.908 bits per heavy atom. The summed E-state index contributed by atoms with van der Waals surface area (Å²) in [6.07, 6.45) is 5.85. The molecule has 1 atom stereocenters. The Labute approximate surface area is 381 Å². The van der Waals surface area contributed by atoms with Gasteiger partial charge in [0.2, 0.25) is 0 Å². The quantitative estimate of drug-likeness (QED) is 0.136. The van der Waals surface area contributed by atoms with Crippen LogP contribution in [0.1, 0.15) is 25.8 Å². The first kappa shape index (κ1) is 39.7. The van der Waals surface area contributed by atoms with Gasteiger partial charge in [0.1, 0.15) is 0 Å². The first-order valence-electron chi connectivity index (χ1n) is 22.6. The van der Waals surface area contributed by atoms with E-state index in [2.05, 4.69) is 271 Å². The zero-order valence-corrected chi connectivity index (χ0v) is 37.0. The normalized spacial score (nSPS) is 13.7. The van der Waals surface area contributed by atoms with E-state index < -0.39 is 0 Å². The zero-order valence-electron chi connectivity index (χ0n) is 37.0. The van der Waals surface area contributed by atoms with E-state index in [-0.39, 0.29) is 0 Å². The minimum Gasteiger partial charge on any atom is -0.311 e. The molecule has 1 heterocycles. The van der Waals surface area contributed by atoms with Crippen molar-refractivity contribution < 1.29 is 0 Å². The van der Waals surface area contributed by atoms with Gasteiger partial charge in [-0.3, -0.25) is 0 Å². The fourth-order valence-corrected chi connectivity index (χ4v) is 9.89. The van der Waals surface area contributed by atoms with Crippen molar-refractivity contribution in [2.45, 2.75) is 27.2 Å². The van der Waals surface area contributed by atoms with E-state index in [1.807, 2.05) is 0 Å². The fraction of sp³-hybridized carbons (Fsp3) is 0.0820. The van der Waals surface area contributed by atoms with Crippen molar-refractivity contribution in [1.82, 2.24) is 4.57 Å². The average molecular weight is 839 g/mol. The largest absolute Gasteiger partial charge is 0.311 e. The fourth-order valence-electron chi connectivity index (χ4n) is 9.89. The molecule has 0 fully saturated rings. The smallest absolute Gasteiger partial charge is 0.0542 e. The van der Waals surface area contributed by atoms with E-state index >= 15 is 0 Å². The minimum atomic E-state index is 0.446. The van der Waals surface area contributed by atoms with Crippen molar-refractivity contribution in [2.75, 3.05) is 14.7 Å². The molecule has 1 aromatic heterocycles. The van der Waals surface area contributed by atoms with Crippen molar-refractivity contribution >= 4 is 78.1 Å². The van der Waals surface area contributed by atoms with Crippen LogP contribution < -0.4 is 14.7 Å². The zero-order chi connectivity index (χ0) is 43.9. The molecule has 4 nitrogen and oxygen atoms in total. The predicted octanol–water partition coefficient (Wildman–Crippen LogP) is 17.2. The van der Waals surface area contributed by atoms with Crippen LogP contribution in [0.25, 0.3) is 38.3 Å². The van der Waals surface area contributed by atoms with Gasteiger partial charge >= 0.3 is 0 Å². The van der Waals surface area contributed by atoms with E-state index in [0.717, 1.165) is 68.6 Å². The van der Waals surface area contributed by atoms with Crippen LogP contribution in [0.5, 0.6) is 0 Å². The Morgan fingerprint density at radius 3 is 1.54 bits per heavy atom. The molecule has 0 amide bonds. The molecule has 314 valence electrons. The maximum atomic E-state index is 2.44. The SMILES string of the molecule is CC1=CC(N(c2ccccc2)c2ccc3c(c2)c2cc(N(c4ccccc4)c4cccc(C)c4)ccc2n3-c2ccc(N(c3ccccc3)c3cccc4ccccc34)cc2)=CC(C)C1. The molecule has 9 aromatic carbocycles. The molecule has 0 saturated carbocycles. The number of fused-ring (bicyclic) bond motifs is 4. The number of hydrogen-bond donors (Lipinski definition) is 0. The highest BCUT2D eigenvalue weighted by atomic mass is 15.2. The molecule has 0 saturated heterocycles. The first-order valence-corrected chi connectivity index (χ1v) is 22.6. The van der Waals surface area contributed by atoms with Crippen molar-refractivity contribution in [3.8, 4) is 5.69 Å². The third kappa shape index (κ3) is 7.53. The number of para-hydroxylation sites is 3. The van der Waals surface area contributed by atoms with Gasteiger partial charge < -0.3 is 19.3 Å². The lowest BCUT2D eigenvalue weighted by Gasteiger charge is -2.30. The lowest BCUT2D eigenvalue weighted by Crippen LogP contribution is -2.18. The minimum absolute atomic E-state index is 0.446. The van der Waals surface area contributed by atoms with Gasteiger partial charge in [-0.2, -0.15) is 0 Å². The Hall–Kier alpha value is -8.08. The van der Waals surface area contributed by atoms with Crippen LogP contribution in [0.3, 0.4) is 0 Å². The van der Waals surface area contributed by atoms with Gasteiger partial charge in [-0.25, -0.2) is 0 Å². The maximum Gasteiger partial charge on any atom is 0.0542 e. The highest BCUT2D eigenvalue weighted by Gasteiger charge is 2.23. The van der Waals surface area contributed by atoms with Gasteiger partial charge in [0.25, 0.3) is 0 Å². The molecule has 1 unspecified atom stereocenters. The molecule has 0 N–H and O–H groups in total. The van der Waals surface area contributed by atoms with Crippen LogP contribution in [-0.2, 0) is 0 Å². The van der Waals surface area contributed by atoms with E-state index in [1.54, 1.807) is 0 Å². The highest BCUT2D eigenvalue weighted by molar-refractivity contribution is 6.12. The number of aromatic nitrogens is 1. The van der Waals surface area contributed by atoms with Gasteiger partial charge in [0, 0.05) is 67.4 Å². The second kappa shape index (κ2) is 16.9. The van der Waals surface area contributed by atoms with Crippen LogP contribution >= 0.6 is 0 Å². The van der Waals surface area contributed by atoms with Gasteiger partial charge in [0.15, 0.2) is 0 Å². The van der Waals surface area contributed by atoms with Crippen LogP contribution in [0.2, 0.25) is 0 Å². The molecule has 1 aliphatic rings. The Kier molecular flexibility index (Phi) is 10.3. The highest BCUT2D eigenvalue weighted by Crippen LogP contribution is 2.44. The molecule has 0 aliphatic heterocycles. The van der Waals surface area contributed by atoms with E-state index in [9.17, 15) is 0 Å². The first-order chi connectivity index (χ1) is 32.0. The Balaban J connectivity index is 1.12. The van der Waals surface area contributed by atoms with E-state index in [1.165, 1.54) is 38.4 Å². The standard InChI is InChI=1S/C61H50N4/c1-43-17-15-26-52(38-43)62(47-20-7-4-8-21-47)53-33-35-60-57(41-53)58-42-54(63(48-22-9-5-10-23-48)55-39-44(2)37-45(3)40-55)34-36-61(58)65(60)51-31-29-50(30-32-51)64(49-24-11-6-12-25-49)59-28-16-19-46-18-13-14-27-56(46)59/h4-36,38-42,44H,37H2,1-3H3. The van der Waals surface area contributed by atoms with Crippen LogP contribution in [-0.4, -0.2) is 4.57 Å². The lowest BCUT2D eigenvalue weighted by molar-refractivity contribution is 0.697. The van der Waals surface area contributed by atoms with Gasteiger partial charge in [-0.1, -0.05) is 122 Å². The molecular formula is C61H50N4. The third-order valence-electron chi connectivity index (χ3n) is 12.7. The van der Waals surface area contributed by atoms with Gasteiger partial charge in [-0.15, -0.1) is 0 Å². The lowest BCUT2D eigenvalue weighted by atomic mass is 9.94. The topological polar surface area (TPSA) is 14.7 Å². The van der Waals surface area contributed by atoms with Crippen LogP contribution in [0, 0.1) is 12.8 Å². The second-order valence-corrected chi connectivity index (χ2v) is 17.4. The van der Waals surface area contributed by atoms with Crippen molar-refractivity contribution in [1.29, 1.82) is 0 Å². The molecule has 1 aliphatic carbocycles. The monoisotopic (exact) mass is 838 g/mol. The molecule has 65 heavy (non-hydrogen) atoms. The molecule has 11 rings (SSSR count). The number of nitrogens with zero attached hydrogens (tertiary/aromatic N) is 4. The van der Waals surface area contributed by atoms with E-state index in [4.69, 9.17) is 0 Å². The molecule has 10 aromatic rings. The van der Waals surface area contributed by atoms with Gasteiger partial charge in [-0.05, 0) is 158 Å². The summed E-state index contributed by atoms with van der Waals surface area (Å²) in [6, 6.07) is 79.2. The second-order valence-electron chi connectivity index (χ2n) is 17.4. The summed E-state index contributed by atoms with van der Waals surface area (Å²) in [6.45, 7) is 6.73. The molecule has 0 spiro atoms. The molecule has 0 radical (unpaired) electrons. The number of benzene rings is 9. The third-order valence-corrected chi connectivity index (χ3v) is 12.7. The summed E-state index contributed by atoms with van der Waals surface area (Å²) in [7, 11) is 0. The summed E-state index contributed by atoms with van der Waals surface area (Å²) in [5.74, 6) is 0.446. The van der Waals surface area contributed by atoms with E-state index in [0.29, 0.717) is 5.92 Å². The van der Waals surface area contributed by atoms with Crippen molar-refractivity contribution in [2.24, 2.45) is 5.92 Å². The van der Waals surface area contributed by atoms with Gasteiger partial charge in [0.05, 0.1) is 16.7 Å². The maximum absolute atomic E-state index is 2.44. The van der Waals surface area contributed by atoms with Crippen molar-refractivity contribution in [3.63, 3.8) is 0 Å². The molecular weight excluding hydrogens is 789 g/mol. The number of allylic oxidation sites excluding steroid dienone is 3. The molecule has 0 bridgehead atoms. The number of hydrogen-bond acceptors (Lipinski definition) is 3.